The van der Waals surface area contributed by atoms with Crippen molar-refractivity contribution < 1.29 is 33.5 Å². The zero-order chi connectivity index (χ0) is 25.7. The fourth-order valence-electron chi connectivity index (χ4n) is 3.88. The molecule has 3 amide bonds. The van der Waals surface area contributed by atoms with E-state index in [1.807, 2.05) is 0 Å². The van der Waals surface area contributed by atoms with Crippen LogP contribution in [0.25, 0.3) is 0 Å². The first-order valence-electron chi connectivity index (χ1n) is 11.1. The molecule has 1 atom stereocenters. The highest BCUT2D eigenvalue weighted by Gasteiger charge is 2.41. The van der Waals surface area contributed by atoms with Gasteiger partial charge in [-0.25, -0.2) is 4.79 Å². The molecule has 2 aromatic carbocycles. The number of pyridine rings is 1. The van der Waals surface area contributed by atoms with Crippen molar-refractivity contribution in [1.29, 1.82) is 0 Å². The molecule has 10 heteroatoms. The van der Waals surface area contributed by atoms with E-state index in [2.05, 4.69) is 10.5 Å². The number of aromatic nitrogens is 1. The van der Waals surface area contributed by atoms with Gasteiger partial charge < -0.3 is 14.3 Å². The average molecular weight is 489 g/mol. The van der Waals surface area contributed by atoms with Crippen molar-refractivity contribution in [3.63, 3.8) is 0 Å². The predicted molar refractivity (Wildman–Crippen MR) is 126 cm³/mol. The maximum absolute atomic E-state index is 13.2. The van der Waals surface area contributed by atoms with E-state index < -0.39 is 29.7 Å². The summed E-state index contributed by atoms with van der Waals surface area (Å²) in [4.78, 5) is 61.2. The maximum atomic E-state index is 13.2. The summed E-state index contributed by atoms with van der Waals surface area (Å²) in [6.45, 7) is 2.15. The first-order valence-corrected chi connectivity index (χ1v) is 11.1. The molecule has 0 saturated carbocycles. The Balaban J connectivity index is 1.62. The number of carbonyl (C=O) groups excluding carboxylic acids is 4. The fraction of sp³-hybridized carbons (Fsp3) is 0.192. The monoisotopic (exact) mass is 489 g/mol. The standard InChI is InChI=1S/C26H23N3O7/c1-3-35-22-13-16(10-11-21(22)34-2)20(29-24(31)18-8-4-5-9-19(18)25(29)32)14-23(30)28-36-26(33)17-7-6-12-27-15-17/h4-13,15,20H,3,14H2,1-2H3,(H,28,30). The van der Waals surface area contributed by atoms with Crippen LogP contribution in [-0.4, -0.2) is 47.3 Å². The molecule has 2 heterocycles. The van der Waals surface area contributed by atoms with Crippen LogP contribution in [-0.2, 0) is 9.63 Å². The van der Waals surface area contributed by atoms with Gasteiger partial charge in [0.25, 0.3) is 17.7 Å². The summed E-state index contributed by atoms with van der Waals surface area (Å²) in [7, 11) is 1.49. The third-order valence-corrected chi connectivity index (χ3v) is 5.54. The van der Waals surface area contributed by atoms with Crippen molar-refractivity contribution in [3.05, 3.63) is 89.2 Å². The lowest BCUT2D eigenvalue weighted by Gasteiger charge is -2.27. The van der Waals surface area contributed by atoms with E-state index in [1.165, 1.54) is 25.6 Å². The van der Waals surface area contributed by atoms with Crippen LogP contribution in [0.15, 0.2) is 67.0 Å². The van der Waals surface area contributed by atoms with Gasteiger partial charge in [0.15, 0.2) is 11.5 Å². The van der Waals surface area contributed by atoms with E-state index in [9.17, 15) is 19.2 Å². The van der Waals surface area contributed by atoms with E-state index in [0.717, 1.165) is 4.90 Å². The number of hydrogen-bond acceptors (Lipinski definition) is 8. The van der Waals surface area contributed by atoms with E-state index in [-0.39, 0.29) is 23.1 Å². The number of methoxy groups -OCH3 is 1. The summed E-state index contributed by atoms with van der Waals surface area (Å²) in [5.74, 6) is -1.75. The molecule has 0 saturated heterocycles. The summed E-state index contributed by atoms with van der Waals surface area (Å²) in [6, 6.07) is 13.3. The molecule has 1 aromatic heterocycles. The third-order valence-electron chi connectivity index (χ3n) is 5.54. The first kappa shape index (κ1) is 24.4. The van der Waals surface area contributed by atoms with Crippen LogP contribution in [0.4, 0.5) is 0 Å². The van der Waals surface area contributed by atoms with Crippen LogP contribution in [0, 0.1) is 0 Å². The number of hydrogen-bond donors (Lipinski definition) is 1. The Morgan fingerprint density at radius 1 is 1.00 bits per heavy atom. The molecule has 1 N–H and O–H groups in total. The number of nitrogens with zero attached hydrogens (tertiary/aromatic N) is 2. The lowest BCUT2D eigenvalue weighted by atomic mass is 10.0. The second-order valence-corrected chi connectivity index (χ2v) is 7.75. The summed E-state index contributed by atoms with van der Waals surface area (Å²) in [6.07, 6.45) is 2.42. The van der Waals surface area contributed by atoms with Crippen LogP contribution in [0.5, 0.6) is 11.5 Å². The van der Waals surface area contributed by atoms with Gasteiger partial charge in [-0.15, -0.1) is 0 Å². The van der Waals surface area contributed by atoms with E-state index in [0.29, 0.717) is 23.7 Å². The van der Waals surface area contributed by atoms with Crippen LogP contribution >= 0.6 is 0 Å². The van der Waals surface area contributed by atoms with Gasteiger partial charge in [-0.2, -0.15) is 5.48 Å². The smallest absolute Gasteiger partial charge is 0.364 e. The van der Waals surface area contributed by atoms with Crippen molar-refractivity contribution >= 4 is 23.7 Å². The van der Waals surface area contributed by atoms with Crippen LogP contribution in [0.3, 0.4) is 0 Å². The number of rotatable bonds is 8. The lowest BCUT2D eigenvalue weighted by Crippen LogP contribution is -2.38. The number of nitrogens with one attached hydrogen (secondary N) is 1. The van der Waals surface area contributed by atoms with Gasteiger partial charge in [-0.3, -0.25) is 24.3 Å². The number of benzene rings is 2. The molecule has 4 rings (SSSR count). The summed E-state index contributed by atoms with van der Waals surface area (Å²) >= 11 is 0. The third kappa shape index (κ3) is 4.88. The topological polar surface area (TPSA) is 124 Å². The van der Waals surface area contributed by atoms with Crippen LogP contribution in [0.1, 0.15) is 56.0 Å². The largest absolute Gasteiger partial charge is 0.493 e. The summed E-state index contributed by atoms with van der Waals surface area (Å²) in [5, 5.41) is 0. The molecule has 0 fully saturated rings. The minimum Gasteiger partial charge on any atom is -0.493 e. The first-order chi connectivity index (χ1) is 17.4. The number of fused-ring (bicyclic) bond motifs is 1. The predicted octanol–water partition coefficient (Wildman–Crippen LogP) is 3.10. The summed E-state index contributed by atoms with van der Waals surface area (Å²) < 4.78 is 11.0. The second-order valence-electron chi connectivity index (χ2n) is 7.75. The highest BCUT2D eigenvalue weighted by atomic mass is 16.7. The molecule has 184 valence electrons. The fourth-order valence-corrected chi connectivity index (χ4v) is 3.88. The van der Waals surface area contributed by atoms with Gasteiger partial charge >= 0.3 is 5.97 Å². The van der Waals surface area contributed by atoms with Gasteiger partial charge in [0.1, 0.15) is 0 Å². The molecule has 0 radical (unpaired) electrons. The average Bonchev–Trinajstić information content (AvgIpc) is 3.16. The zero-order valence-corrected chi connectivity index (χ0v) is 19.6. The van der Waals surface area contributed by atoms with Gasteiger partial charge in [0, 0.05) is 12.4 Å². The quantitative estimate of drug-likeness (QED) is 0.378. The molecule has 1 aliphatic rings. The van der Waals surface area contributed by atoms with Crippen LogP contribution < -0.4 is 15.0 Å². The maximum Gasteiger partial charge on any atom is 0.364 e. The van der Waals surface area contributed by atoms with Gasteiger partial charge in [-0.05, 0) is 48.9 Å². The van der Waals surface area contributed by atoms with E-state index in [1.54, 1.807) is 55.5 Å². The minimum atomic E-state index is -1.01. The van der Waals surface area contributed by atoms with Gasteiger partial charge in [0.05, 0.1) is 42.9 Å². The lowest BCUT2D eigenvalue weighted by molar-refractivity contribution is -0.130. The van der Waals surface area contributed by atoms with Crippen molar-refractivity contribution in [2.45, 2.75) is 19.4 Å². The number of ether oxygens (including phenoxy) is 2. The van der Waals surface area contributed by atoms with Gasteiger partial charge in [-0.1, -0.05) is 18.2 Å². The molecule has 0 aliphatic carbocycles. The van der Waals surface area contributed by atoms with Gasteiger partial charge in [0.2, 0.25) is 0 Å². The SMILES string of the molecule is CCOc1cc(C(CC(=O)NOC(=O)c2cccnc2)N2C(=O)c3ccccc3C2=O)ccc1OC. The molecular weight excluding hydrogens is 466 g/mol. The number of hydroxylamine groups is 1. The number of amides is 3. The van der Waals surface area contributed by atoms with Crippen molar-refractivity contribution in [2.75, 3.05) is 13.7 Å². The molecule has 0 bridgehead atoms. The Labute approximate surface area is 206 Å². The Bertz CT molecular complexity index is 1270. The van der Waals surface area contributed by atoms with E-state index in [4.69, 9.17) is 14.3 Å². The molecule has 1 unspecified atom stereocenters. The Hall–Kier alpha value is -4.73. The molecule has 36 heavy (non-hydrogen) atoms. The molecule has 10 nitrogen and oxygen atoms in total. The Kier molecular flexibility index (Phi) is 7.24. The van der Waals surface area contributed by atoms with Crippen molar-refractivity contribution in [2.24, 2.45) is 0 Å². The van der Waals surface area contributed by atoms with Crippen molar-refractivity contribution in [3.8, 4) is 11.5 Å². The second kappa shape index (κ2) is 10.7. The van der Waals surface area contributed by atoms with E-state index >= 15 is 0 Å². The number of carbonyl (C=O) groups is 4. The van der Waals surface area contributed by atoms with Crippen LogP contribution in [0.2, 0.25) is 0 Å². The highest BCUT2D eigenvalue weighted by Crippen LogP contribution is 2.37. The minimum absolute atomic E-state index is 0.145. The normalized spacial score (nSPS) is 13.1. The Morgan fingerprint density at radius 2 is 1.72 bits per heavy atom. The molecular formula is C26H23N3O7. The Morgan fingerprint density at radius 3 is 2.33 bits per heavy atom. The number of imide groups is 1. The zero-order valence-electron chi connectivity index (χ0n) is 19.6. The molecule has 1 aliphatic heterocycles. The molecule has 0 spiro atoms. The van der Waals surface area contributed by atoms with Crippen molar-refractivity contribution in [1.82, 2.24) is 15.4 Å². The summed E-state index contributed by atoms with van der Waals surface area (Å²) in [5.41, 5.74) is 3.19. The highest BCUT2D eigenvalue weighted by molar-refractivity contribution is 6.21. The molecule has 3 aromatic rings.